The Bertz CT molecular complexity index is 486. The van der Waals surface area contributed by atoms with Crippen molar-refractivity contribution in [1.29, 1.82) is 0 Å². The largest absolute Gasteiger partial charge is 0.379 e. The van der Waals surface area contributed by atoms with E-state index in [4.69, 9.17) is 4.74 Å². The summed E-state index contributed by atoms with van der Waals surface area (Å²) in [6.07, 6.45) is 1.26. The first-order valence-corrected chi connectivity index (χ1v) is 7.78. The van der Waals surface area contributed by atoms with Gasteiger partial charge in [0.1, 0.15) is 0 Å². The second kappa shape index (κ2) is 8.54. The average molecular weight is 346 g/mol. The van der Waals surface area contributed by atoms with Crippen LogP contribution in [0.3, 0.4) is 0 Å². The van der Waals surface area contributed by atoms with Crippen molar-refractivity contribution >= 4 is 15.9 Å². The molecular weight excluding hydrogens is 322 g/mol. The summed E-state index contributed by atoms with van der Waals surface area (Å²) < 4.78 is 8.06. The minimum Gasteiger partial charge on any atom is -0.379 e. The van der Waals surface area contributed by atoms with E-state index in [2.05, 4.69) is 26.2 Å². The summed E-state index contributed by atoms with van der Waals surface area (Å²) in [7, 11) is 0. The van der Waals surface area contributed by atoms with Gasteiger partial charge in [0.15, 0.2) is 0 Å². The molecule has 20 heavy (non-hydrogen) atoms. The van der Waals surface area contributed by atoms with E-state index in [1.807, 2.05) is 27.7 Å². The molecule has 1 aromatic rings. The van der Waals surface area contributed by atoms with E-state index in [9.17, 15) is 4.79 Å². The molecule has 0 fully saturated rings. The number of hydrogen-bond donors (Lipinski definition) is 1. The van der Waals surface area contributed by atoms with Gasteiger partial charge in [-0.3, -0.25) is 4.57 Å². The van der Waals surface area contributed by atoms with Gasteiger partial charge < -0.3 is 10.1 Å². The molecule has 0 unspecified atom stereocenters. The molecule has 0 atom stereocenters. The van der Waals surface area contributed by atoms with Gasteiger partial charge in [-0.15, -0.1) is 0 Å². The summed E-state index contributed by atoms with van der Waals surface area (Å²) >= 11 is 3.46. The van der Waals surface area contributed by atoms with E-state index in [1.54, 1.807) is 4.57 Å². The molecule has 1 heterocycles. The van der Waals surface area contributed by atoms with Crippen molar-refractivity contribution in [3.63, 3.8) is 0 Å². The highest BCUT2D eigenvalue weighted by molar-refractivity contribution is 9.10. The Balaban J connectivity index is 2.36. The predicted octanol–water partition coefficient (Wildman–Crippen LogP) is 2.03. The molecule has 0 aliphatic heterocycles. The summed E-state index contributed by atoms with van der Waals surface area (Å²) in [6, 6.07) is 0. The summed E-state index contributed by atoms with van der Waals surface area (Å²) in [4.78, 5) is 15.8. The van der Waals surface area contributed by atoms with Gasteiger partial charge in [-0.25, -0.2) is 4.79 Å². The number of aromatic nitrogens is 2. The molecule has 0 aromatic carbocycles. The summed E-state index contributed by atoms with van der Waals surface area (Å²) in [5.74, 6) is 0. The Morgan fingerprint density at radius 1 is 1.35 bits per heavy atom. The Labute approximate surface area is 128 Å². The molecule has 0 spiro atoms. The van der Waals surface area contributed by atoms with E-state index >= 15 is 0 Å². The van der Waals surface area contributed by atoms with Crippen LogP contribution in [0.25, 0.3) is 0 Å². The third kappa shape index (κ3) is 5.34. The van der Waals surface area contributed by atoms with Crippen molar-refractivity contribution in [1.82, 2.24) is 14.9 Å². The van der Waals surface area contributed by atoms with Gasteiger partial charge in [0.25, 0.3) is 0 Å². The van der Waals surface area contributed by atoms with Crippen molar-refractivity contribution in [3.05, 3.63) is 26.3 Å². The van der Waals surface area contributed by atoms with Crippen LogP contribution in [-0.4, -0.2) is 35.4 Å². The minimum absolute atomic E-state index is 0.187. The molecule has 1 aromatic heterocycles. The Hall–Kier alpha value is -0.720. The number of hydrogen-bond acceptors (Lipinski definition) is 4. The minimum atomic E-state index is -0.187. The average Bonchev–Trinajstić information content (AvgIpc) is 2.38. The molecule has 5 nitrogen and oxygen atoms in total. The number of nitrogens with zero attached hydrogens (tertiary/aromatic N) is 2. The van der Waals surface area contributed by atoms with Gasteiger partial charge in [0.05, 0.1) is 16.3 Å². The molecule has 1 N–H and O–H groups in total. The van der Waals surface area contributed by atoms with Gasteiger partial charge in [0.2, 0.25) is 0 Å². The maximum atomic E-state index is 11.8. The number of rotatable bonds is 8. The predicted molar refractivity (Wildman–Crippen MR) is 84.2 cm³/mol. The van der Waals surface area contributed by atoms with Crippen LogP contribution in [0.2, 0.25) is 0 Å². The second-order valence-corrected chi connectivity index (χ2v) is 5.85. The first-order chi connectivity index (χ1) is 9.43. The first kappa shape index (κ1) is 17.3. The van der Waals surface area contributed by atoms with Crippen molar-refractivity contribution in [2.45, 2.75) is 46.8 Å². The van der Waals surface area contributed by atoms with Crippen molar-refractivity contribution < 1.29 is 4.74 Å². The van der Waals surface area contributed by atoms with E-state index in [0.717, 1.165) is 42.0 Å². The lowest BCUT2D eigenvalue weighted by atomic mass is 10.3. The molecule has 0 radical (unpaired) electrons. The van der Waals surface area contributed by atoms with Crippen LogP contribution in [-0.2, 0) is 11.3 Å². The van der Waals surface area contributed by atoms with Gasteiger partial charge in [0, 0.05) is 25.4 Å². The molecule has 114 valence electrons. The summed E-state index contributed by atoms with van der Waals surface area (Å²) in [6.45, 7) is 10.9. The normalized spacial score (nSPS) is 11.3. The molecule has 0 bridgehead atoms. The summed E-state index contributed by atoms with van der Waals surface area (Å²) in [5.41, 5.74) is 1.48. The zero-order valence-corrected chi connectivity index (χ0v) is 14.3. The molecule has 0 saturated carbocycles. The van der Waals surface area contributed by atoms with Gasteiger partial charge in [-0.2, -0.15) is 4.98 Å². The molecule has 1 rings (SSSR count). The van der Waals surface area contributed by atoms with Crippen molar-refractivity contribution in [2.24, 2.45) is 0 Å². The topological polar surface area (TPSA) is 56.2 Å². The van der Waals surface area contributed by atoms with E-state index in [1.165, 1.54) is 0 Å². The highest BCUT2D eigenvalue weighted by Crippen LogP contribution is 2.16. The van der Waals surface area contributed by atoms with E-state index < -0.39 is 0 Å². The van der Waals surface area contributed by atoms with Crippen LogP contribution < -0.4 is 11.0 Å². The van der Waals surface area contributed by atoms with Gasteiger partial charge >= 0.3 is 5.69 Å². The van der Waals surface area contributed by atoms with Gasteiger partial charge in [-0.05, 0) is 56.6 Å². The lowest BCUT2D eigenvalue weighted by Crippen LogP contribution is -2.31. The maximum absolute atomic E-state index is 11.8. The van der Waals surface area contributed by atoms with E-state index in [0.29, 0.717) is 6.54 Å². The van der Waals surface area contributed by atoms with Crippen LogP contribution >= 0.6 is 15.9 Å². The first-order valence-electron chi connectivity index (χ1n) is 6.99. The summed E-state index contributed by atoms with van der Waals surface area (Å²) in [5, 5.41) is 3.31. The highest BCUT2D eigenvalue weighted by Gasteiger charge is 2.08. The van der Waals surface area contributed by atoms with E-state index in [-0.39, 0.29) is 11.8 Å². The van der Waals surface area contributed by atoms with Gasteiger partial charge in [-0.1, -0.05) is 0 Å². The van der Waals surface area contributed by atoms with Crippen LogP contribution in [0.5, 0.6) is 0 Å². The smallest absolute Gasteiger partial charge is 0.348 e. The second-order valence-electron chi connectivity index (χ2n) is 5.05. The number of aryl methyl sites for hydroxylation is 1. The Morgan fingerprint density at radius 2 is 2.05 bits per heavy atom. The molecule has 6 heteroatoms. The van der Waals surface area contributed by atoms with Crippen molar-refractivity contribution in [2.75, 3.05) is 19.7 Å². The van der Waals surface area contributed by atoms with Crippen LogP contribution in [0.4, 0.5) is 0 Å². The molecular formula is C14H24BrN3O2. The SMILES string of the molecule is Cc1nc(=O)n(CCNCCCOC(C)C)c(C)c1Br. The van der Waals surface area contributed by atoms with Crippen molar-refractivity contribution in [3.8, 4) is 0 Å². The zero-order valence-electron chi connectivity index (χ0n) is 12.7. The fourth-order valence-corrected chi connectivity index (χ4v) is 2.17. The fourth-order valence-electron chi connectivity index (χ4n) is 1.87. The molecule has 0 aliphatic carbocycles. The third-order valence-electron chi connectivity index (χ3n) is 3.00. The molecule has 0 saturated heterocycles. The van der Waals surface area contributed by atoms with Crippen LogP contribution in [0.1, 0.15) is 31.7 Å². The monoisotopic (exact) mass is 345 g/mol. The standard InChI is InChI=1S/C14H24BrN3O2/c1-10(2)20-9-5-6-16-7-8-18-12(4)13(15)11(3)17-14(18)19/h10,16H,5-9H2,1-4H3. The van der Waals surface area contributed by atoms with Crippen LogP contribution in [0.15, 0.2) is 9.27 Å². The third-order valence-corrected chi connectivity index (χ3v) is 4.14. The number of halogens is 1. The van der Waals surface area contributed by atoms with Crippen LogP contribution in [0, 0.1) is 13.8 Å². The Morgan fingerprint density at radius 3 is 2.70 bits per heavy atom. The number of ether oxygens (including phenoxy) is 1. The number of nitrogens with one attached hydrogen (secondary N) is 1. The lowest BCUT2D eigenvalue weighted by molar-refractivity contribution is 0.0771. The lowest BCUT2D eigenvalue weighted by Gasteiger charge is -2.13. The maximum Gasteiger partial charge on any atom is 0.348 e. The zero-order chi connectivity index (χ0) is 15.1. The fraction of sp³-hybridized carbons (Fsp3) is 0.714. The molecule has 0 amide bonds. The highest BCUT2D eigenvalue weighted by atomic mass is 79.9. The molecule has 0 aliphatic rings. The quantitative estimate of drug-likeness (QED) is 0.732. The Kier molecular flexibility index (Phi) is 7.40.